The van der Waals surface area contributed by atoms with E-state index in [-0.39, 0.29) is 0 Å². The third-order valence-corrected chi connectivity index (χ3v) is 2.58. The van der Waals surface area contributed by atoms with E-state index in [2.05, 4.69) is 0 Å². The second-order valence-corrected chi connectivity index (χ2v) is 3.32. The fourth-order valence-electron chi connectivity index (χ4n) is 1.03. The third kappa shape index (κ3) is 1.84. The summed E-state index contributed by atoms with van der Waals surface area (Å²) in [6.45, 7) is 1.16. The van der Waals surface area contributed by atoms with Gasteiger partial charge in [-0.25, -0.2) is 8.70 Å². The number of alkyl halides is 1. The minimum atomic E-state index is -1.05. The highest BCUT2D eigenvalue weighted by Crippen LogP contribution is 2.18. The molecule has 4 heteroatoms. The zero-order valence-electron chi connectivity index (χ0n) is 5.96. The summed E-state index contributed by atoms with van der Waals surface area (Å²) in [7, 11) is 0. The van der Waals surface area contributed by atoms with Crippen molar-refractivity contribution < 1.29 is 9.50 Å². The monoisotopic (exact) mass is 165 g/mol. The lowest BCUT2D eigenvalue weighted by Gasteiger charge is -2.29. The molecule has 2 nitrogen and oxygen atoms in total. The van der Waals surface area contributed by atoms with E-state index in [4.69, 9.17) is 5.11 Å². The van der Waals surface area contributed by atoms with Crippen LogP contribution >= 0.6 is 11.9 Å². The molecule has 1 saturated heterocycles. The molecule has 2 atom stereocenters. The number of nitrogens with zero attached hydrogens (tertiary/aromatic N) is 1. The quantitative estimate of drug-likeness (QED) is 0.578. The lowest BCUT2D eigenvalue weighted by atomic mass is 10.1. The largest absolute Gasteiger partial charge is 0.390 e. The number of aliphatic hydroxyl groups is 1. The smallest absolute Gasteiger partial charge is 0.139 e. The van der Waals surface area contributed by atoms with Gasteiger partial charge in [-0.15, -0.1) is 0 Å². The molecule has 1 heterocycles. The van der Waals surface area contributed by atoms with Crippen molar-refractivity contribution in [2.45, 2.75) is 18.7 Å². The standard InChI is InChI=1S/C6H12FNOS/c1-10-8-3-2-6(9)5(7)4-8/h5-6,9H,2-4H2,1H3. The van der Waals surface area contributed by atoms with Crippen molar-refractivity contribution in [3.63, 3.8) is 0 Å². The Bertz CT molecular complexity index is 114. The Labute approximate surface area is 64.5 Å². The van der Waals surface area contributed by atoms with Crippen molar-refractivity contribution in [3.05, 3.63) is 0 Å². The molecule has 1 aliphatic rings. The van der Waals surface area contributed by atoms with Gasteiger partial charge in [0.05, 0.1) is 6.10 Å². The second kappa shape index (κ2) is 3.55. The summed E-state index contributed by atoms with van der Waals surface area (Å²) >= 11 is 1.53. The zero-order valence-corrected chi connectivity index (χ0v) is 6.77. The van der Waals surface area contributed by atoms with Gasteiger partial charge in [-0.1, -0.05) is 11.9 Å². The van der Waals surface area contributed by atoms with Crippen molar-refractivity contribution in [2.75, 3.05) is 19.3 Å². The second-order valence-electron chi connectivity index (χ2n) is 2.44. The first-order valence-corrected chi connectivity index (χ1v) is 4.53. The highest BCUT2D eigenvalue weighted by molar-refractivity contribution is 7.96. The van der Waals surface area contributed by atoms with Gasteiger partial charge in [0, 0.05) is 13.1 Å². The van der Waals surface area contributed by atoms with Crippen molar-refractivity contribution in [1.29, 1.82) is 0 Å². The Balaban J connectivity index is 2.33. The molecule has 1 fully saturated rings. The fraction of sp³-hybridized carbons (Fsp3) is 1.00. The molecule has 10 heavy (non-hydrogen) atoms. The number of aliphatic hydroxyl groups excluding tert-OH is 1. The van der Waals surface area contributed by atoms with Crippen LogP contribution in [-0.4, -0.2) is 41.0 Å². The molecule has 0 saturated carbocycles. The molecule has 0 radical (unpaired) electrons. The van der Waals surface area contributed by atoms with Gasteiger partial charge in [-0.05, 0) is 12.7 Å². The number of halogens is 1. The van der Waals surface area contributed by atoms with E-state index in [9.17, 15) is 4.39 Å². The van der Waals surface area contributed by atoms with Crippen LogP contribution in [-0.2, 0) is 0 Å². The highest BCUT2D eigenvalue weighted by atomic mass is 32.2. The van der Waals surface area contributed by atoms with Crippen LogP contribution in [0, 0.1) is 0 Å². The van der Waals surface area contributed by atoms with Gasteiger partial charge < -0.3 is 5.11 Å². The van der Waals surface area contributed by atoms with Gasteiger partial charge in [0.2, 0.25) is 0 Å². The Hall–Kier alpha value is 0.200. The molecule has 0 spiro atoms. The maximum atomic E-state index is 12.7. The average Bonchev–Trinajstić information content (AvgIpc) is 1.95. The van der Waals surface area contributed by atoms with Gasteiger partial charge >= 0.3 is 0 Å². The Morgan fingerprint density at radius 2 is 2.40 bits per heavy atom. The molecule has 60 valence electrons. The van der Waals surface area contributed by atoms with E-state index in [1.165, 1.54) is 11.9 Å². The van der Waals surface area contributed by atoms with Crippen molar-refractivity contribution >= 4 is 11.9 Å². The minimum absolute atomic E-state index is 0.363. The number of hydrogen-bond acceptors (Lipinski definition) is 3. The van der Waals surface area contributed by atoms with Crippen LogP contribution in [0.25, 0.3) is 0 Å². The van der Waals surface area contributed by atoms with Gasteiger partial charge in [0.15, 0.2) is 0 Å². The summed E-state index contributed by atoms with van der Waals surface area (Å²) in [4.78, 5) is 0. The first kappa shape index (κ1) is 8.30. The van der Waals surface area contributed by atoms with Crippen LogP contribution in [0.3, 0.4) is 0 Å². The van der Waals surface area contributed by atoms with Crippen molar-refractivity contribution in [2.24, 2.45) is 0 Å². The summed E-state index contributed by atoms with van der Waals surface area (Å²) in [6.07, 6.45) is 0.691. The summed E-state index contributed by atoms with van der Waals surface area (Å²) in [5.41, 5.74) is 0. The molecule has 0 bridgehead atoms. The molecule has 2 unspecified atom stereocenters. The molecular formula is C6H12FNOS. The summed E-state index contributed by atoms with van der Waals surface area (Å²) in [5, 5.41) is 8.98. The third-order valence-electron chi connectivity index (χ3n) is 1.73. The average molecular weight is 165 g/mol. The molecule has 0 aromatic carbocycles. The fourth-order valence-corrected chi connectivity index (χ4v) is 1.61. The van der Waals surface area contributed by atoms with Gasteiger partial charge in [-0.2, -0.15) is 0 Å². The van der Waals surface area contributed by atoms with Crippen LogP contribution < -0.4 is 0 Å². The highest BCUT2D eigenvalue weighted by Gasteiger charge is 2.26. The summed E-state index contributed by atoms with van der Waals surface area (Å²) in [5.74, 6) is 0. The number of piperidine rings is 1. The van der Waals surface area contributed by atoms with E-state index in [0.29, 0.717) is 13.0 Å². The Morgan fingerprint density at radius 3 is 2.90 bits per heavy atom. The topological polar surface area (TPSA) is 23.5 Å². The molecular weight excluding hydrogens is 153 g/mol. The Morgan fingerprint density at radius 1 is 1.70 bits per heavy atom. The summed E-state index contributed by atoms with van der Waals surface area (Å²) < 4.78 is 14.6. The van der Waals surface area contributed by atoms with Crippen molar-refractivity contribution in [3.8, 4) is 0 Å². The lowest BCUT2D eigenvalue weighted by molar-refractivity contribution is 0.0330. The van der Waals surface area contributed by atoms with E-state index in [0.717, 1.165) is 6.54 Å². The van der Waals surface area contributed by atoms with E-state index in [1.54, 1.807) is 0 Å². The predicted octanol–water partition coefficient (Wildman–Crippen LogP) is 0.669. The first-order chi connectivity index (χ1) is 4.74. The number of hydrogen-bond donors (Lipinski definition) is 1. The maximum absolute atomic E-state index is 12.7. The lowest BCUT2D eigenvalue weighted by Crippen LogP contribution is -2.41. The van der Waals surface area contributed by atoms with E-state index in [1.807, 2.05) is 10.6 Å². The zero-order chi connectivity index (χ0) is 7.56. The number of rotatable bonds is 1. The van der Waals surface area contributed by atoms with Crippen LogP contribution in [0.5, 0.6) is 0 Å². The summed E-state index contributed by atoms with van der Waals surface area (Å²) in [6, 6.07) is 0. The SMILES string of the molecule is CSN1CCC(O)C(F)C1. The van der Waals surface area contributed by atoms with Crippen LogP contribution in [0.2, 0.25) is 0 Å². The molecule has 0 amide bonds. The molecule has 0 aromatic heterocycles. The molecule has 1 aliphatic heterocycles. The molecule has 1 N–H and O–H groups in total. The maximum Gasteiger partial charge on any atom is 0.139 e. The van der Waals surface area contributed by atoms with Crippen molar-refractivity contribution in [1.82, 2.24) is 4.31 Å². The van der Waals surface area contributed by atoms with Crippen LogP contribution in [0.15, 0.2) is 0 Å². The normalized spacial score (nSPS) is 36.3. The van der Waals surface area contributed by atoms with Gasteiger partial charge in [0.1, 0.15) is 6.17 Å². The first-order valence-electron chi connectivity index (χ1n) is 3.35. The van der Waals surface area contributed by atoms with Gasteiger partial charge in [-0.3, -0.25) is 0 Å². The predicted molar refractivity (Wildman–Crippen MR) is 40.6 cm³/mol. The minimum Gasteiger partial charge on any atom is -0.390 e. The van der Waals surface area contributed by atoms with Crippen LogP contribution in [0.4, 0.5) is 4.39 Å². The van der Waals surface area contributed by atoms with Crippen LogP contribution in [0.1, 0.15) is 6.42 Å². The molecule has 0 aromatic rings. The Kier molecular flexibility index (Phi) is 2.95. The molecule has 0 aliphatic carbocycles. The van der Waals surface area contributed by atoms with Gasteiger partial charge in [0.25, 0.3) is 0 Å². The van der Waals surface area contributed by atoms with E-state index >= 15 is 0 Å². The van der Waals surface area contributed by atoms with E-state index < -0.39 is 12.3 Å². The molecule has 1 rings (SSSR count).